The van der Waals surface area contributed by atoms with Crippen molar-refractivity contribution in [3.8, 4) is 0 Å². The summed E-state index contributed by atoms with van der Waals surface area (Å²) in [4.78, 5) is 51.2. The molecule has 0 saturated carbocycles. The molecule has 1 aliphatic heterocycles. The van der Waals surface area contributed by atoms with Crippen LogP contribution in [0.4, 0.5) is 0 Å². The van der Waals surface area contributed by atoms with Gasteiger partial charge >= 0.3 is 23.9 Å². The molecule has 1 rings (SSSR count). The Morgan fingerprint density at radius 3 is 1.29 bits per heavy atom. The van der Waals surface area contributed by atoms with Gasteiger partial charge in [0.05, 0.1) is 6.61 Å². The largest absolute Gasteiger partial charge is 0.479 e. The second-order valence-electron chi connectivity index (χ2n) is 21.3. The van der Waals surface area contributed by atoms with Crippen LogP contribution in [0.5, 0.6) is 0 Å². The van der Waals surface area contributed by atoms with Crippen molar-refractivity contribution in [1.29, 1.82) is 0 Å². The summed E-state index contributed by atoms with van der Waals surface area (Å²) in [5.41, 5.74) is 0. The summed E-state index contributed by atoms with van der Waals surface area (Å²) in [6, 6.07) is 0. The average Bonchev–Trinajstić information content (AvgIpc) is 3.42. The molecule has 6 unspecified atom stereocenters. The van der Waals surface area contributed by atoms with Gasteiger partial charge in [-0.2, -0.15) is 0 Å². The molecular weight excluding hydrogens is 973 g/mol. The Morgan fingerprint density at radius 1 is 0.442 bits per heavy atom. The topological polar surface area (TPSA) is 175 Å². The van der Waals surface area contributed by atoms with Crippen molar-refractivity contribution in [1.82, 2.24) is 0 Å². The number of hydrogen-bond donors (Lipinski definition) is 3. The molecule has 1 fully saturated rings. The lowest BCUT2D eigenvalue weighted by molar-refractivity contribution is -0.301. The molecule has 0 aromatic heterocycles. The van der Waals surface area contributed by atoms with Gasteiger partial charge in [-0.05, 0) is 83.5 Å². The van der Waals surface area contributed by atoms with E-state index < -0.39 is 67.3 Å². The minimum Gasteiger partial charge on any atom is -0.479 e. The molecule has 1 aliphatic rings. The van der Waals surface area contributed by atoms with E-state index in [9.17, 15) is 34.5 Å². The molecule has 77 heavy (non-hydrogen) atoms. The number of unbranched alkanes of at least 4 members (excludes halogenated alkanes) is 29. The molecule has 12 heteroatoms. The van der Waals surface area contributed by atoms with Gasteiger partial charge in [-0.3, -0.25) is 14.4 Å². The van der Waals surface area contributed by atoms with Crippen molar-refractivity contribution < 1.29 is 58.2 Å². The summed E-state index contributed by atoms with van der Waals surface area (Å²) in [7, 11) is 0. The monoisotopic (exact) mass is 1080 g/mol. The number of allylic oxidation sites excluding steroid dienone is 10. The maximum atomic E-state index is 13.1. The smallest absolute Gasteiger partial charge is 0.335 e. The first-order chi connectivity index (χ1) is 37.6. The molecule has 0 aliphatic carbocycles. The Balaban J connectivity index is 2.66. The Kier molecular flexibility index (Phi) is 49.2. The van der Waals surface area contributed by atoms with Crippen LogP contribution in [-0.4, -0.2) is 89.2 Å². The molecular formula is C65H112O12. The first kappa shape index (κ1) is 71.4. The number of hydrogen-bond acceptors (Lipinski definition) is 11. The fraction of sp³-hybridized carbons (Fsp3) is 0.785. The molecule has 3 N–H and O–H groups in total. The standard InChI is InChI=1S/C65H112O12/c1-4-7-10-13-16-19-22-25-27-28-29-30-32-34-36-39-42-45-48-51-57(66)73-54-56(75-58(67)52-49-46-43-40-37-33-24-21-18-15-12-9-6-3)55-74-65-63(61(70)60(69)62(77-65)64(71)72)76-59(68)53-50-47-44-41-38-35-31-26-23-20-17-14-11-8-5-2/h9,12,16,18-19,21,25,27,33,37,56,60-63,65,69-70H,4-8,10-11,13-15,17,20,22-24,26,28-32,34-36,38-55H2,1-3H3,(H,71,72)/b12-9-,19-16-,21-18-,27-25-,37-33-. The molecule has 0 bridgehead atoms. The van der Waals surface area contributed by atoms with Crippen LogP contribution < -0.4 is 0 Å². The van der Waals surface area contributed by atoms with Gasteiger partial charge in [-0.1, -0.05) is 236 Å². The van der Waals surface area contributed by atoms with E-state index in [1.165, 1.54) is 122 Å². The van der Waals surface area contributed by atoms with Gasteiger partial charge < -0.3 is 39.0 Å². The molecule has 1 heterocycles. The van der Waals surface area contributed by atoms with Crippen molar-refractivity contribution >= 4 is 23.9 Å². The van der Waals surface area contributed by atoms with E-state index in [0.29, 0.717) is 19.3 Å². The Bertz CT molecular complexity index is 1570. The third-order valence-corrected chi connectivity index (χ3v) is 14.1. The minimum absolute atomic E-state index is 0.0594. The molecule has 0 radical (unpaired) electrons. The zero-order valence-corrected chi connectivity index (χ0v) is 49.0. The van der Waals surface area contributed by atoms with Gasteiger partial charge in [0.25, 0.3) is 0 Å². The van der Waals surface area contributed by atoms with Crippen LogP contribution in [0.15, 0.2) is 60.8 Å². The Morgan fingerprint density at radius 2 is 0.818 bits per heavy atom. The summed E-state index contributed by atoms with van der Waals surface area (Å²) in [5, 5.41) is 31.5. The molecule has 6 atom stereocenters. The Labute approximate surface area is 468 Å². The predicted octanol–water partition coefficient (Wildman–Crippen LogP) is 16.3. The summed E-state index contributed by atoms with van der Waals surface area (Å²) in [6.45, 7) is 5.85. The third kappa shape index (κ3) is 43.0. The highest BCUT2D eigenvalue weighted by atomic mass is 16.7. The third-order valence-electron chi connectivity index (χ3n) is 14.1. The number of aliphatic carboxylic acids is 1. The number of aliphatic hydroxyl groups is 2. The number of carboxylic acids is 1. The SMILES string of the molecule is CC/C=C\C/C=C\C/C=C\CCCCCC(=O)OC(COC(=O)CCCCCCCCCCC/C=C\C/C=C\CCCCC)COC1OC(C(=O)O)C(O)C(O)C1OC(=O)CCCCCCCCCCCCCCCCC. The summed E-state index contributed by atoms with van der Waals surface area (Å²) >= 11 is 0. The van der Waals surface area contributed by atoms with Crippen LogP contribution >= 0.6 is 0 Å². The zero-order valence-electron chi connectivity index (χ0n) is 49.0. The van der Waals surface area contributed by atoms with E-state index in [1.54, 1.807) is 0 Å². The number of carbonyl (C=O) groups is 4. The van der Waals surface area contributed by atoms with E-state index in [2.05, 4.69) is 81.5 Å². The molecule has 1 saturated heterocycles. The van der Waals surface area contributed by atoms with Crippen LogP contribution in [0.3, 0.4) is 0 Å². The van der Waals surface area contributed by atoms with E-state index in [-0.39, 0.29) is 25.9 Å². The van der Waals surface area contributed by atoms with Crippen LogP contribution in [0.25, 0.3) is 0 Å². The highest BCUT2D eigenvalue weighted by Gasteiger charge is 2.50. The van der Waals surface area contributed by atoms with Crippen molar-refractivity contribution in [2.45, 2.75) is 314 Å². The van der Waals surface area contributed by atoms with Crippen molar-refractivity contribution in [2.24, 2.45) is 0 Å². The van der Waals surface area contributed by atoms with Crippen LogP contribution in [0.1, 0.15) is 278 Å². The number of rotatable bonds is 53. The van der Waals surface area contributed by atoms with E-state index in [0.717, 1.165) is 96.3 Å². The summed E-state index contributed by atoms with van der Waals surface area (Å²) in [5.74, 6) is -3.15. The fourth-order valence-electron chi connectivity index (χ4n) is 9.30. The predicted molar refractivity (Wildman–Crippen MR) is 312 cm³/mol. The first-order valence-corrected chi connectivity index (χ1v) is 31.3. The van der Waals surface area contributed by atoms with Crippen LogP contribution in [0.2, 0.25) is 0 Å². The average molecular weight is 1090 g/mol. The minimum atomic E-state index is -1.91. The fourth-order valence-corrected chi connectivity index (χ4v) is 9.30. The second-order valence-corrected chi connectivity index (χ2v) is 21.3. The summed E-state index contributed by atoms with van der Waals surface area (Å²) < 4.78 is 28.5. The van der Waals surface area contributed by atoms with Crippen LogP contribution in [0, 0.1) is 0 Å². The van der Waals surface area contributed by atoms with Gasteiger partial charge in [-0.25, -0.2) is 4.79 Å². The second kappa shape index (κ2) is 53.1. The number of carbonyl (C=O) groups excluding carboxylic acids is 3. The quantitative estimate of drug-likeness (QED) is 0.0228. The van der Waals surface area contributed by atoms with E-state index in [1.807, 2.05) is 0 Å². The highest BCUT2D eigenvalue weighted by Crippen LogP contribution is 2.27. The van der Waals surface area contributed by atoms with Gasteiger partial charge in [-0.15, -0.1) is 0 Å². The normalized spacial score (nSPS) is 18.4. The summed E-state index contributed by atoms with van der Waals surface area (Å²) in [6.07, 6.45) is 53.3. The molecule has 0 aromatic rings. The van der Waals surface area contributed by atoms with Gasteiger partial charge in [0.1, 0.15) is 18.8 Å². The number of esters is 3. The van der Waals surface area contributed by atoms with Gasteiger partial charge in [0.15, 0.2) is 24.6 Å². The van der Waals surface area contributed by atoms with E-state index in [4.69, 9.17) is 23.7 Å². The first-order valence-electron chi connectivity index (χ1n) is 31.3. The lowest BCUT2D eigenvalue weighted by Gasteiger charge is -2.40. The maximum absolute atomic E-state index is 13.1. The zero-order chi connectivity index (χ0) is 56.1. The molecule has 12 nitrogen and oxygen atoms in total. The number of ether oxygens (including phenoxy) is 5. The van der Waals surface area contributed by atoms with Crippen molar-refractivity contribution in [3.63, 3.8) is 0 Å². The lowest BCUT2D eigenvalue weighted by atomic mass is 9.98. The number of aliphatic hydroxyl groups excluding tert-OH is 2. The van der Waals surface area contributed by atoms with Crippen LogP contribution in [-0.2, 0) is 42.9 Å². The van der Waals surface area contributed by atoms with Gasteiger partial charge in [0.2, 0.25) is 0 Å². The van der Waals surface area contributed by atoms with Crippen molar-refractivity contribution in [2.75, 3.05) is 13.2 Å². The Hall–Kier alpha value is -3.58. The van der Waals surface area contributed by atoms with Gasteiger partial charge in [0, 0.05) is 19.3 Å². The maximum Gasteiger partial charge on any atom is 0.335 e. The molecule has 0 spiro atoms. The molecule has 0 amide bonds. The molecule has 0 aromatic carbocycles. The number of carboxylic acid groups (broad SMARTS) is 1. The van der Waals surface area contributed by atoms with E-state index >= 15 is 0 Å². The highest BCUT2D eigenvalue weighted by molar-refractivity contribution is 5.74. The molecule has 444 valence electrons. The lowest BCUT2D eigenvalue weighted by Crippen LogP contribution is -2.61. The van der Waals surface area contributed by atoms with Crippen molar-refractivity contribution in [3.05, 3.63) is 60.8 Å².